The molecule has 1 fully saturated rings. The molecule has 0 aliphatic heterocycles. The zero-order valence-corrected chi connectivity index (χ0v) is 17.3. The number of nitrogens with one attached hydrogen (secondary N) is 1. The van der Waals surface area contributed by atoms with Gasteiger partial charge < -0.3 is 14.2 Å². The molecular formula is C21H23ClNO3P. The van der Waals surface area contributed by atoms with Gasteiger partial charge in [-0.1, -0.05) is 29.8 Å². The molecule has 4 rings (SSSR count). The normalized spacial score (nSPS) is 14.4. The molecule has 4 nitrogen and oxygen atoms in total. The number of hydrogen-bond acceptors (Lipinski definition) is 3. The molecule has 1 heterocycles. The van der Waals surface area contributed by atoms with Gasteiger partial charge in [0.1, 0.15) is 0 Å². The molecule has 1 unspecified atom stereocenters. The van der Waals surface area contributed by atoms with Crippen LogP contribution in [0.5, 0.6) is 0 Å². The van der Waals surface area contributed by atoms with Gasteiger partial charge in [0.25, 0.3) is 6.47 Å². The first-order valence-corrected chi connectivity index (χ1v) is 10.4. The smallest absolute Gasteiger partial charge is 0.292 e. The molecule has 0 spiro atoms. The lowest BCUT2D eigenvalue weighted by Gasteiger charge is -2.17. The monoisotopic (exact) mass is 403 g/mol. The van der Waals surface area contributed by atoms with E-state index in [0.29, 0.717) is 6.47 Å². The highest BCUT2D eigenvalue weighted by Gasteiger charge is 2.26. The summed E-state index contributed by atoms with van der Waals surface area (Å²) in [6.07, 6.45) is 2.63. The Bertz CT molecular complexity index is 936. The Morgan fingerprint density at radius 1 is 1.19 bits per heavy atom. The zero-order chi connectivity index (χ0) is 19.4. The summed E-state index contributed by atoms with van der Waals surface area (Å²) in [4.78, 5) is 12.4. The van der Waals surface area contributed by atoms with E-state index < -0.39 is 8.15 Å². The molecule has 0 saturated heterocycles. The third-order valence-corrected chi connectivity index (χ3v) is 6.88. The Morgan fingerprint density at radius 3 is 2.56 bits per heavy atom. The average molecular weight is 404 g/mol. The molecule has 1 N–H and O–H groups in total. The quantitative estimate of drug-likeness (QED) is 0.492. The van der Waals surface area contributed by atoms with Crippen LogP contribution in [0.2, 0.25) is 5.02 Å². The van der Waals surface area contributed by atoms with E-state index in [-0.39, 0.29) is 0 Å². The number of carbonyl (C=O) groups excluding carboxylic acids is 1. The van der Waals surface area contributed by atoms with E-state index in [0.717, 1.165) is 22.2 Å². The molecule has 142 valence electrons. The number of carbonyl (C=O) groups is 1. The number of aryl methyl sites for hydroxylation is 1. The number of methoxy groups -OCH3 is 1. The fourth-order valence-corrected chi connectivity index (χ4v) is 5.27. The molecule has 3 aromatic rings. The van der Waals surface area contributed by atoms with Gasteiger partial charge in [0.2, 0.25) is 0 Å². The molecule has 2 aromatic carbocycles. The fraction of sp³-hybridized carbons (Fsp3) is 0.286. The van der Waals surface area contributed by atoms with Crippen molar-refractivity contribution in [2.45, 2.75) is 25.7 Å². The maximum absolute atomic E-state index is 8.95. The van der Waals surface area contributed by atoms with Gasteiger partial charge in [-0.3, -0.25) is 4.79 Å². The second kappa shape index (κ2) is 8.88. The van der Waals surface area contributed by atoms with E-state index in [4.69, 9.17) is 20.9 Å². The van der Waals surface area contributed by atoms with Gasteiger partial charge in [-0.25, -0.2) is 0 Å². The Kier molecular flexibility index (Phi) is 6.54. The fourth-order valence-electron chi connectivity index (χ4n) is 3.19. The summed E-state index contributed by atoms with van der Waals surface area (Å²) in [5.74, 6) is 0.752. The molecule has 1 aliphatic rings. The van der Waals surface area contributed by atoms with E-state index in [1.165, 1.54) is 41.5 Å². The number of rotatable bonds is 5. The van der Waals surface area contributed by atoms with Gasteiger partial charge in [-0.05, 0) is 55.5 Å². The summed E-state index contributed by atoms with van der Waals surface area (Å²) in [6, 6.07) is 14.9. The molecule has 1 atom stereocenters. The van der Waals surface area contributed by atoms with Crippen LogP contribution in [0, 0.1) is 6.92 Å². The van der Waals surface area contributed by atoms with Crippen LogP contribution in [-0.2, 0) is 14.1 Å². The summed E-state index contributed by atoms with van der Waals surface area (Å²) in [5.41, 5.74) is 3.72. The van der Waals surface area contributed by atoms with E-state index in [2.05, 4.69) is 40.9 Å². The Balaban J connectivity index is 0.000000481. The molecule has 1 saturated carbocycles. The van der Waals surface area contributed by atoms with Crippen LogP contribution in [0.15, 0.2) is 42.5 Å². The van der Waals surface area contributed by atoms with Gasteiger partial charge >= 0.3 is 0 Å². The Hall–Kier alpha value is -1.87. The molecule has 0 bridgehead atoms. The van der Waals surface area contributed by atoms with E-state index in [1.807, 2.05) is 18.2 Å². The number of ether oxygens (including phenoxy) is 1. The van der Waals surface area contributed by atoms with E-state index in [1.54, 1.807) is 7.11 Å². The molecule has 1 aromatic heterocycles. The lowest BCUT2D eigenvalue weighted by Crippen LogP contribution is -2.15. The number of benzene rings is 2. The minimum Gasteiger partial charge on any atom is -0.471 e. The molecule has 0 amide bonds. The summed E-state index contributed by atoms with van der Waals surface area (Å²) in [7, 11) is 2.27. The minimum atomic E-state index is -0.848. The number of aromatic amines is 1. The van der Waals surface area contributed by atoms with Crippen molar-refractivity contribution < 1.29 is 14.1 Å². The SMILES string of the molecule is COC=O.COP(c1cccc(C2CC2)c1)c1c(C)[nH]c2ccc(Cl)cc12. The predicted molar refractivity (Wildman–Crippen MR) is 113 cm³/mol. The van der Waals surface area contributed by atoms with Crippen molar-refractivity contribution in [3.8, 4) is 0 Å². The van der Waals surface area contributed by atoms with Crippen molar-refractivity contribution in [3.05, 3.63) is 58.7 Å². The van der Waals surface area contributed by atoms with Crippen molar-refractivity contribution in [1.29, 1.82) is 0 Å². The minimum absolute atomic E-state index is 0.375. The van der Waals surface area contributed by atoms with Crippen LogP contribution in [-0.4, -0.2) is 25.7 Å². The number of fused-ring (bicyclic) bond motifs is 1. The zero-order valence-electron chi connectivity index (χ0n) is 15.7. The maximum atomic E-state index is 8.95. The average Bonchev–Trinajstić information content (AvgIpc) is 3.48. The number of aromatic nitrogens is 1. The van der Waals surface area contributed by atoms with Gasteiger partial charge in [0.05, 0.1) is 15.3 Å². The molecular weight excluding hydrogens is 381 g/mol. The van der Waals surface area contributed by atoms with E-state index in [9.17, 15) is 0 Å². The topological polar surface area (TPSA) is 51.3 Å². The highest BCUT2D eigenvalue weighted by Crippen LogP contribution is 2.43. The van der Waals surface area contributed by atoms with Crippen LogP contribution in [0.25, 0.3) is 10.9 Å². The standard InChI is InChI=1S/C19H19ClNOP.C2H4O2/c1-12-19(17-11-15(20)8-9-18(17)21-12)23(22-2)16-5-3-4-14(10-16)13-6-7-13;1-4-2-3/h3-5,8-11,13,21H,6-7H2,1-2H3;2H,1H3. The Labute approximate surface area is 165 Å². The first kappa shape index (κ1) is 19.9. The van der Waals surface area contributed by atoms with Gasteiger partial charge in [0.15, 0.2) is 0 Å². The molecule has 6 heteroatoms. The van der Waals surface area contributed by atoms with Crippen molar-refractivity contribution in [2.24, 2.45) is 0 Å². The highest BCUT2D eigenvalue weighted by molar-refractivity contribution is 7.69. The molecule has 27 heavy (non-hydrogen) atoms. The maximum Gasteiger partial charge on any atom is 0.292 e. The number of halogens is 1. The van der Waals surface area contributed by atoms with Crippen LogP contribution < -0.4 is 10.6 Å². The van der Waals surface area contributed by atoms with Crippen molar-refractivity contribution in [1.82, 2.24) is 4.98 Å². The largest absolute Gasteiger partial charge is 0.471 e. The van der Waals surface area contributed by atoms with Crippen LogP contribution in [0.1, 0.15) is 30.0 Å². The van der Waals surface area contributed by atoms with Crippen LogP contribution in [0.3, 0.4) is 0 Å². The van der Waals surface area contributed by atoms with Crippen LogP contribution >= 0.6 is 19.7 Å². The van der Waals surface area contributed by atoms with E-state index >= 15 is 0 Å². The van der Waals surface area contributed by atoms with Crippen molar-refractivity contribution in [2.75, 3.05) is 14.2 Å². The summed E-state index contributed by atoms with van der Waals surface area (Å²) in [6.45, 7) is 2.49. The highest BCUT2D eigenvalue weighted by atomic mass is 35.5. The number of H-pyrrole nitrogens is 1. The second-order valence-electron chi connectivity index (χ2n) is 6.47. The molecule has 0 radical (unpaired) electrons. The number of hydrogen-bond donors (Lipinski definition) is 1. The lowest BCUT2D eigenvalue weighted by molar-refractivity contribution is -0.126. The molecule has 1 aliphatic carbocycles. The summed E-state index contributed by atoms with van der Waals surface area (Å²) >= 11 is 6.22. The third kappa shape index (κ3) is 4.52. The summed E-state index contributed by atoms with van der Waals surface area (Å²) in [5, 5.41) is 4.44. The van der Waals surface area contributed by atoms with Crippen molar-refractivity contribution >= 4 is 47.7 Å². The predicted octanol–water partition coefficient (Wildman–Crippen LogP) is 4.79. The van der Waals surface area contributed by atoms with Gasteiger partial charge in [-0.15, -0.1) is 0 Å². The second-order valence-corrected chi connectivity index (χ2v) is 8.82. The van der Waals surface area contributed by atoms with Crippen LogP contribution in [0.4, 0.5) is 0 Å². The van der Waals surface area contributed by atoms with Crippen molar-refractivity contribution in [3.63, 3.8) is 0 Å². The third-order valence-electron chi connectivity index (χ3n) is 4.55. The first-order valence-electron chi connectivity index (χ1n) is 8.77. The summed E-state index contributed by atoms with van der Waals surface area (Å²) < 4.78 is 9.83. The van der Waals surface area contributed by atoms with Gasteiger partial charge in [0, 0.05) is 39.3 Å². The lowest BCUT2D eigenvalue weighted by atomic mass is 10.1. The van der Waals surface area contributed by atoms with Gasteiger partial charge in [-0.2, -0.15) is 0 Å². The first-order chi connectivity index (χ1) is 13.1. The Morgan fingerprint density at radius 2 is 1.93 bits per heavy atom.